The van der Waals surface area contributed by atoms with Crippen LogP contribution in [0.15, 0.2) is 0 Å². The Kier molecular flexibility index (Phi) is 24.0. The van der Waals surface area contributed by atoms with E-state index in [9.17, 15) is 0 Å². The van der Waals surface area contributed by atoms with Crippen molar-refractivity contribution in [2.24, 2.45) is 0 Å². The summed E-state index contributed by atoms with van der Waals surface area (Å²) < 4.78 is 0. The molecule has 0 saturated heterocycles. The summed E-state index contributed by atoms with van der Waals surface area (Å²) >= 11 is 0. The molecule has 0 N–H and O–H groups in total. The van der Waals surface area contributed by atoms with Gasteiger partial charge in [0.1, 0.15) is 0 Å². The predicted octanol–water partition coefficient (Wildman–Crippen LogP) is 0.822. The van der Waals surface area contributed by atoms with E-state index in [1.165, 1.54) is 0 Å². The minimum atomic E-state index is 0.476. The molecule has 0 radical (unpaired) electrons. The molecule has 0 fully saturated rings. The molecule has 7 heavy (non-hydrogen) atoms. The van der Waals surface area contributed by atoms with Crippen LogP contribution in [0.1, 0.15) is 13.8 Å². The lowest BCUT2D eigenvalue weighted by molar-refractivity contribution is 1.50. The van der Waals surface area contributed by atoms with E-state index in [4.69, 9.17) is 0 Å². The van der Waals surface area contributed by atoms with Crippen molar-refractivity contribution in [2.75, 3.05) is 0 Å². The minimum Gasteiger partial charge on any atom is -0.0751 e. The first-order valence-corrected chi connectivity index (χ1v) is 8.24. The van der Waals surface area contributed by atoms with E-state index in [0.29, 0.717) is 19.0 Å². The van der Waals surface area contributed by atoms with E-state index in [1.54, 1.807) is 5.67 Å². The molecule has 0 unspecified atom stereocenters. The van der Waals surface area contributed by atoms with E-state index in [2.05, 4.69) is 13.1 Å². The van der Waals surface area contributed by atoms with Crippen LogP contribution < -0.4 is 0 Å². The summed E-state index contributed by atoms with van der Waals surface area (Å²) in [6.45, 7) is 8.77. The molecule has 0 rings (SSSR count). The minimum absolute atomic E-state index is 0.476. The highest BCUT2D eigenvalue weighted by atomic mass is 28.3. The number of hydrogen-bond acceptors (Lipinski definition) is 0. The van der Waals surface area contributed by atoms with Crippen molar-refractivity contribution in [1.82, 2.24) is 0 Å². The van der Waals surface area contributed by atoms with Gasteiger partial charge in [0.2, 0.25) is 0 Å². The van der Waals surface area contributed by atoms with Gasteiger partial charge >= 0.3 is 0 Å². The Morgan fingerprint density at radius 2 is 1.29 bits per heavy atom. The Bertz CT molecular complexity index is 13.6. The van der Waals surface area contributed by atoms with Crippen molar-refractivity contribution in [3.63, 3.8) is 0 Å². The van der Waals surface area contributed by atoms with Gasteiger partial charge in [0.05, 0.1) is 0 Å². The molecule has 46 valence electrons. The molecule has 0 aliphatic rings. The maximum Gasteiger partial charge on any atom is 0.0135 e. The molecule has 0 aliphatic heterocycles. The fraction of sp³-hybridized carbons (Fsp3) is 1.00. The molecule has 0 aromatic heterocycles. The summed E-state index contributed by atoms with van der Waals surface area (Å²) in [5.74, 6) is 0. The van der Waals surface area contributed by atoms with Gasteiger partial charge in [-0.05, 0) is 0 Å². The van der Waals surface area contributed by atoms with Gasteiger partial charge in [0.25, 0.3) is 0 Å². The standard InChI is InChI=1S/C3H12Si2.C2H6/c1-4-3-5-2;1-2/h3-5H2,1-2H3;1-2H3. The quantitative estimate of drug-likeness (QED) is 0.491. The summed E-state index contributed by atoms with van der Waals surface area (Å²) in [5, 5.41) is 0. The lowest BCUT2D eigenvalue weighted by Gasteiger charge is -1.76. The van der Waals surface area contributed by atoms with Gasteiger partial charge in [-0.25, -0.2) is 0 Å². The van der Waals surface area contributed by atoms with Gasteiger partial charge in [-0.15, -0.1) is 0 Å². The Balaban J connectivity index is 0. The summed E-state index contributed by atoms with van der Waals surface area (Å²) in [5.41, 5.74) is 1.67. The zero-order valence-electron chi connectivity index (χ0n) is 6.12. The van der Waals surface area contributed by atoms with Gasteiger partial charge in [0, 0.05) is 19.0 Å². The molecule has 0 saturated carbocycles. The predicted molar refractivity (Wildman–Crippen MR) is 45.0 cm³/mol. The molecule has 0 bridgehead atoms. The average Bonchev–Trinajstić information content (AvgIpc) is 1.75. The Morgan fingerprint density at radius 3 is 1.29 bits per heavy atom. The molecule has 0 aliphatic carbocycles. The second kappa shape index (κ2) is 16.1. The van der Waals surface area contributed by atoms with Crippen LogP contribution in [0.3, 0.4) is 0 Å². The smallest absolute Gasteiger partial charge is 0.0135 e. The summed E-state index contributed by atoms with van der Waals surface area (Å²) in [7, 11) is 0.951. The molecular weight excluding hydrogens is 116 g/mol. The highest BCUT2D eigenvalue weighted by Gasteiger charge is 1.70. The van der Waals surface area contributed by atoms with Crippen LogP contribution in [-0.2, 0) is 0 Å². The zero-order chi connectivity index (χ0) is 6.12. The van der Waals surface area contributed by atoms with Crippen molar-refractivity contribution < 1.29 is 0 Å². The first-order valence-electron chi connectivity index (χ1n) is 3.41. The van der Waals surface area contributed by atoms with Gasteiger partial charge in [-0.2, -0.15) is 0 Å². The van der Waals surface area contributed by atoms with Crippen LogP contribution in [0.25, 0.3) is 0 Å². The summed E-state index contributed by atoms with van der Waals surface area (Å²) in [4.78, 5) is 0. The fourth-order valence-corrected chi connectivity index (χ4v) is 3.18. The summed E-state index contributed by atoms with van der Waals surface area (Å²) in [6, 6.07) is 0. The van der Waals surface area contributed by atoms with E-state index in [1.807, 2.05) is 13.8 Å². The molecule has 0 atom stereocenters. The maximum atomic E-state index is 2.39. The van der Waals surface area contributed by atoms with Crippen molar-refractivity contribution in [3.8, 4) is 0 Å². The van der Waals surface area contributed by atoms with E-state index >= 15 is 0 Å². The van der Waals surface area contributed by atoms with Crippen LogP contribution in [0, 0.1) is 0 Å². The first-order chi connectivity index (χ1) is 3.41. The fourth-order valence-electron chi connectivity index (χ4n) is 0.354. The van der Waals surface area contributed by atoms with Gasteiger partial charge in [-0.1, -0.05) is 32.6 Å². The first kappa shape index (κ1) is 10.4. The van der Waals surface area contributed by atoms with Gasteiger partial charge in [-0.3, -0.25) is 0 Å². The third-order valence-electron chi connectivity index (χ3n) is 0.707. The molecule has 0 amide bonds. The van der Waals surface area contributed by atoms with Crippen LogP contribution in [0.5, 0.6) is 0 Å². The normalized spacial score (nSPS) is 10.3. The van der Waals surface area contributed by atoms with Crippen LogP contribution in [-0.4, -0.2) is 19.0 Å². The number of hydrogen-bond donors (Lipinski definition) is 0. The van der Waals surface area contributed by atoms with E-state index in [0.717, 1.165) is 0 Å². The van der Waals surface area contributed by atoms with Gasteiger partial charge in [0.15, 0.2) is 0 Å². The maximum absolute atomic E-state index is 2.39. The molecule has 2 heteroatoms. The summed E-state index contributed by atoms with van der Waals surface area (Å²) in [6.07, 6.45) is 0. The lowest BCUT2D eigenvalue weighted by Crippen LogP contribution is -1.84. The highest BCUT2D eigenvalue weighted by molar-refractivity contribution is 6.54. The van der Waals surface area contributed by atoms with Crippen molar-refractivity contribution >= 4 is 19.0 Å². The molecule has 0 nitrogen and oxygen atoms in total. The van der Waals surface area contributed by atoms with Crippen molar-refractivity contribution in [1.29, 1.82) is 0 Å². The molecule has 0 heterocycles. The van der Waals surface area contributed by atoms with Crippen LogP contribution in [0.4, 0.5) is 0 Å². The number of rotatable bonds is 2. The third kappa shape index (κ3) is 21.4. The second-order valence-electron chi connectivity index (χ2n) is 1.35. The van der Waals surface area contributed by atoms with Crippen LogP contribution >= 0.6 is 0 Å². The third-order valence-corrected chi connectivity index (χ3v) is 6.36. The molecular formula is C5H18Si2. The monoisotopic (exact) mass is 134 g/mol. The van der Waals surface area contributed by atoms with E-state index in [-0.39, 0.29) is 0 Å². The topological polar surface area (TPSA) is 0 Å². The second-order valence-corrected chi connectivity index (χ2v) is 6.18. The highest BCUT2D eigenvalue weighted by Crippen LogP contribution is 1.68. The van der Waals surface area contributed by atoms with E-state index < -0.39 is 0 Å². The lowest BCUT2D eigenvalue weighted by atomic mass is 11.0. The Labute approximate surface area is 52.4 Å². The van der Waals surface area contributed by atoms with Crippen molar-refractivity contribution in [2.45, 2.75) is 32.6 Å². The SMILES string of the molecule is CC.C[SiH2]C[SiH2]C. The average molecular weight is 134 g/mol. The molecule has 0 spiro atoms. The van der Waals surface area contributed by atoms with Gasteiger partial charge < -0.3 is 0 Å². The molecule has 0 aromatic carbocycles. The zero-order valence-corrected chi connectivity index (χ0v) is 8.95. The largest absolute Gasteiger partial charge is 0.0751 e. The van der Waals surface area contributed by atoms with Crippen LogP contribution in [0.2, 0.25) is 18.8 Å². The Hall–Kier alpha value is 0.434. The van der Waals surface area contributed by atoms with Crippen molar-refractivity contribution in [3.05, 3.63) is 0 Å². The Morgan fingerprint density at radius 1 is 1.00 bits per heavy atom. The molecule has 0 aromatic rings.